The van der Waals surface area contributed by atoms with Crippen LogP contribution in [0.5, 0.6) is 0 Å². The van der Waals surface area contributed by atoms with E-state index < -0.39 is 0 Å². The Bertz CT molecular complexity index is 151. The quantitative estimate of drug-likeness (QED) is 0.552. The standard InChI is InChI=1S/C10H16O/c1-4-9-6-7-10(5-2)11-8(9)3/h4-5,8-10H,1-2,6-7H2,3H3/t8-,9-,10-/m0/s1. The average molecular weight is 152 g/mol. The Balaban J connectivity index is 2.46. The van der Waals surface area contributed by atoms with Gasteiger partial charge in [-0.05, 0) is 19.8 Å². The summed E-state index contributed by atoms with van der Waals surface area (Å²) in [4.78, 5) is 0. The van der Waals surface area contributed by atoms with Crippen LogP contribution in [0.15, 0.2) is 25.3 Å². The first-order valence-corrected chi connectivity index (χ1v) is 4.18. The fourth-order valence-electron chi connectivity index (χ4n) is 1.52. The van der Waals surface area contributed by atoms with Gasteiger partial charge in [-0.25, -0.2) is 0 Å². The molecule has 0 aromatic rings. The minimum absolute atomic E-state index is 0.265. The predicted molar refractivity (Wildman–Crippen MR) is 47.5 cm³/mol. The van der Waals surface area contributed by atoms with Gasteiger partial charge in [0.1, 0.15) is 0 Å². The van der Waals surface area contributed by atoms with Crippen LogP contribution in [0.25, 0.3) is 0 Å². The second kappa shape index (κ2) is 3.72. The van der Waals surface area contributed by atoms with Gasteiger partial charge < -0.3 is 4.74 Å². The molecule has 1 fully saturated rings. The van der Waals surface area contributed by atoms with Gasteiger partial charge in [-0.15, -0.1) is 13.2 Å². The SMILES string of the molecule is C=C[C@H]1CC[C@H](C=C)[C@H](C)O1. The lowest BCUT2D eigenvalue weighted by molar-refractivity contribution is -0.0375. The third kappa shape index (κ3) is 1.93. The summed E-state index contributed by atoms with van der Waals surface area (Å²) in [5.74, 6) is 0.534. The maximum absolute atomic E-state index is 5.65. The zero-order valence-corrected chi connectivity index (χ0v) is 7.12. The maximum atomic E-state index is 5.65. The van der Waals surface area contributed by atoms with Gasteiger partial charge in [0, 0.05) is 5.92 Å². The Morgan fingerprint density at radius 1 is 1.27 bits per heavy atom. The summed E-state index contributed by atoms with van der Waals surface area (Å²) in [7, 11) is 0. The monoisotopic (exact) mass is 152 g/mol. The molecule has 1 aliphatic rings. The van der Waals surface area contributed by atoms with Gasteiger partial charge in [-0.3, -0.25) is 0 Å². The van der Waals surface area contributed by atoms with Gasteiger partial charge in [0.15, 0.2) is 0 Å². The minimum Gasteiger partial charge on any atom is -0.371 e. The zero-order valence-electron chi connectivity index (χ0n) is 7.12. The molecule has 0 saturated carbocycles. The van der Waals surface area contributed by atoms with E-state index in [2.05, 4.69) is 20.1 Å². The third-order valence-electron chi connectivity index (χ3n) is 2.34. The molecule has 3 atom stereocenters. The topological polar surface area (TPSA) is 9.23 Å². The number of hydrogen-bond acceptors (Lipinski definition) is 1. The van der Waals surface area contributed by atoms with E-state index in [9.17, 15) is 0 Å². The number of hydrogen-bond donors (Lipinski definition) is 0. The van der Waals surface area contributed by atoms with E-state index in [1.54, 1.807) is 0 Å². The van der Waals surface area contributed by atoms with E-state index >= 15 is 0 Å². The van der Waals surface area contributed by atoms with Crippen LogP contribution in [0.1, 0.15) is 19.8 Å². The highest BCUT2D eigenvalue weighted by Crippen LogP contribution is 2.25. The summed E-state index contributed by atoms with van der Waals surface area (Å²) in [6, 6.07) is 0. The van der Waals surface area contributed by atoms with Crippen molar-refractivity contribution in [2.24, 2.45) is 5.92 Å². The van der Waals surface area contributed by atoms with Crippen molar-refractivity contribution in [1.82, 2.24) is 0 Å². The molecule has 0 amide bonds. The van der Waals surface area contributed by atoms with E-state index in [1.165, 1.54) is 6.42 Å². The second-order valence-electron chi connectivity index (χ2n) is 3.09. The van der Waals surface area contributed by atoms with Crippen LogP contribution in [0.2, 0.25) is 0 Å². The highest BCUT2D eigenvalue weighted by atomic mass is 16.5. The molecule has 0 spiro atoms. The van der Waals surface area contributed by atoms with Crippen molar-refractivity contribution in [2.45, 2.75) is 32.0 Å². The summed E-state index contributed by atoms with van der Waals surface area (Å²) in [5, 5.41) is 0. The Labute approximate surface area is 68.8 Å². The minimum atomic E-state index is 0.265. The van der Waals surface area contributed by atoms with Crippen molar-refractivity contribution in [3.05, 3.63) is 25.3 Å². The molecule has 62 valence electrons. The number of ether oxygens (including phenoxy) is 1. The molecule has 0 aromatic carbocycles. The van der Waals surface area contributed by atoms with Crippen LogP contribution in [0.4, 0.5) is 0 Å². The molecule has 0 unspecified atom stereocenters. The first kappa shape index (κ1) is 8.54. The summed E-state index contributed by atoms with van der Waals surface area (Å²) < 4.78 is 5.65. The Morgan fingerprint density at radius 3 is 2.45 bits per heavy atom. The van der Waals surface area contributed by atoms with Crippen LogP contribution in [0.3, 0.4) is 0 Å². The first-order chi connectivity index (χ1) is 5.27. The smallest absolute Gasteiger partial charge is 0.0757 e. The molecule has 0 bridgehead atoms. The fraction of sp³-hybridized carbons (Fsp3) is 0.600. The van der Waals surface area contributed by atoms with E-state index in [-0.39, 0.29) is 6.10 Å². The molecular weight excluding hydrogens is 136 g/mol. The van der Waals surface area contributed by atoms with Crippen molar-refractivity contribution >= 4 is 0 Å². The highest BCUT2D eigenvalue weighted by Gasteiger charge is 2.23. The Hall–Kier alpha value is -0.560. The highest BCUT2D eigenvalue weighted by molar-refractivity contribution is 4.92. The van der Waals surface area contributed by atoms with Gasteiger partial charge in [0.05, 0.1) is 12.2 Å². The van der Waals surface area contributed by atoms with Crippen LogP contribution < -0.4 is 0 Å². The van der Waals surface area contributed by atoms with Crippen molar-refractivity contribution in [2.75, 3.05) is 0 Å². The third-order valence-corrected chi connectivity index (χ3v) is 2.34. The molecule has 1 nitrogen and oxygen atoms in total. The molecular formula is C10H16O. The normalized spacial score (nSPS) is 38.1. The Kier molecular flexibility index (Phi) is 2.89. The van der Waals surface area contributed by atoms with Crippen molar-refractivity contribution < 1.29 is 4.74 Å². The molecule has 1 heteroatoms. The first-order valence-electron chi connectivity index (χ1n) is 4.18. The van der Waals surface area contributed by atoms with Crippen molar-refractivity contribution in [3.63, 3.8) is 0 Å². The molecule has 1 saturated heterocycles. The van der Waals surface area contributed by atoms with Crippen LogP contribution in [-0.2, 0) is 4.74 Å². The van der Waals surface area contributed by atoms with Gasteiger partial charge in [-0.1, -0.05) is 12.2 Å². The maximum Gasteiger partial charge on any atom is 0.0757 e. The summed E-state index contributed by atoms with van der Waals surface area (Å²) in [6.45, 7) is 9.60. The lowest BCUT2D eigenvalue weighted by atomic mass is 9.93. The van der Waals surface area contributed by atoms with Gasteiger partial charge in [0.2, 0.25) is 0 Å². The van der Waals surface area contributed by atoms with E-state index in [4.69, 9.17) is 4.74 Å². The number of rotatable bonds is 2. The average Bonchev–Trinajstić information content (AvgIpc) is 2.04. The summed E-state index contributed by atoms with van der Waals surface area (Å²) in [5.41, 5.74) is 0. The van der Waals surface area contributed by atoms with Gasteiger partial charge in [-0.2, -0.15) is 0 Å². The molecule has 0 aliphatic carbocycles. The molecule has 1 heterocycles. The lowest BCUT2D eigenvalue weighted by Gasteiger charge is -2.31. The van der Waals surface area contributed by atoms with E-state index in [1.807, 2.05) is 12.2 Å². The largest absolute Gasteiger partial charge is 0.371 e. The van der Waals surface area contributed by atoms with Gasteiger partial charge >= 0.3 is 0 Å². The lowest BCUT2D eigenvalue weighted by Crippen LogP contribution is -2.30. The molecule has 1 rings (SSSR count). The summed E-state index contributed by atoms with van der Waals surface area (Å²) >= 11 is 0. The van der Waals surface area contributed by atoms with Crippen LogP contribution in [-0.4, -0.2) is 12.2 Å². The molecule has 11 heavy (non-hydrogen) atoms. The summed E-state index contributed by atoms with van der Waals surface area (Å²) in [6.07, 6.45) is 6.72. The predicted octanol–water partition coefficient (Wildman–Crippen LogP) is 2.54. The molecule has 1 aliphatic heterocycles. The molecule has 0 N–H and O–H groups in total. The Morgan fingerprint density at radius 2 is 2.00 bits per heavy atom. The second-order valence-corrected chi connectivity index (χ2v) is 3.09. The zero-order chi connectivity index (χ0) is 8.27. The van der Waals surface area contributed by atoms with Gasteiger partial charge in [0.25, 0.3) is 0 Å². The van der Waals surface area contributed by atoms with E-state index in [0.29, 0.717) is 12.0 Å². The molecule has 0 aromatic heterocycles. The van der Waals surface area contributed by atoms with Crippen LogP contribution >= 0.6 is 0 Å². The molecule has 0 radical (unpaired) electrons. The van der Waals surface area contributed by atoms with E-state index in [0.717, 1.165) is 6.42 Å². The fourth-order valence-corrected chi connectivity index (χ4v) is 1.52. The van der Waals surface area contributed by atoms with Crippen molar-refractivity contribution in [1.29, 1.82) is 0 Å². The van der Waals surface area contributed by atoms with Crippen LogP contribution in [0, 0.1) is 5.92 Å². The van der Waals surface area contributed by atoms with Crippen molar-refractivity contribution in [3.8, 4) is 0 Å².